The molecule has 0 aliphatic carbocycles. The van der Waals surface area contributed by atoms with Gasteiger partial charge in [0, 0.05) is 6.07 Å². The van der Waals surface area contributed by atoms with E-state index >= 15 is 0 Å². The molecule has 0 aliphatic rings. The van der Waals surface area contributed by atoms with Crippen molar-refractivity contribution in [2.24, 2.45) is 0 Å². The minimum Gasteiger partial charge on any atom is -0.495 e. The van der Waals surface area contributed by atoms with Crippen LogP contribution in [0, 0.1) is 20.8 Å². The van der Waals surface area contributed by atoms with Gasteiger partial charge in [0.1, 0.15) is 30.5 Å². The number of hydrogen-bond acceptors (Lipinski definition) is 5. The van der Waals surface area contributed by atoms with E-state index in [9.17, 15) is 4.79 Å². The van der Waals surface area contributed by atoms with E-state index in [0.29, 0.717) is 22.2 Å². The van der Waals surface area contributed by atoms with Crippen LogP contribution in [-0.4, -0.2) is 33.5 Å². The summed E-state index contributed by atoms with van der Waals surface area (Å²) in [5.74, 6) is 1.61. The van der Waals surface area contributed by atoms with Crippen LogP contribution >= 0.6 is 11.6 Å². The molecule has 0 aliphatic heterocycles. The first-order valence-corrected chi connectivity index (χ1v) is 8.79. The van der Waals surface area contributed by atoms with Crippen LogP contribution in [0.5, 0.6) is 17.2 Å². The second kappa shape index (κ2) is 9.37. The predicted octanol–water partition coefficient (Wildman–Crippen LogP) is 4.91. The van der Waals surface area contributed by atoms with Crippen LogP contribution in [0.1, 0.15) is 16.7 Å². The molecule has 27 heavy (non-hydrogen) atoms. The number of halogens is 1. The van der Waals surface area contributed by atoms with E-state index in [4.69, 9.17) is 30.5 Å². The Morgan fingerprint density at radius 2 is 1.59 bits per heavy atom. The molecule has 2 aromatic carbocycles. The van der Waals surface area contributed by atoms with Gasteiger partial charge in [0.15, 0.2) is 0 Å². The van der Waals surface area contributed by atoms with Gasteiger partial charge in [-0.15, -0.1) is 0 Å². The summed E-state index contributed by atoms with van der Waals surface area (Å²) in [6.07, 6.45) is -0.630. The van der Waals surface area contributed by atoms with Gasteiger partial charge >= 0.3 is 6.09 Å². The number of rotatable bonds is 7. The summed E-state index contributed by atoms with van der Waals surface area (Å²) in [5.41, 5.74) is 3.95. The van der Waals surface area contributed by atoms with Gasteiger partial charge in [-0.05, 0) is 55.7 Å². The maximum Gasteiger partial charge on any atom is 0.411 e. The standard InChI is InChI=1S/C20H24ClNO5/c1-12-8-15(9-13(2)14(12)3)26-6-7-27-20(23)22-17-10-16(21)18(24-4)11-19(17)25-5/h8-11H,6-7H2,1-5H3,(H,22,23). The molecule has 0 atom stereocenters. The first-order chi connectivity index (χ1) is 12.8. The lowest BCUT2D eigenvalue weighted by molar-refractivity contribution is 0.137. The quantitative estimate of drug-likeness (QED) is 0.677. The van der Waals surface area contributed by atoms with Crippen molar-refractivity contribution in [1.82, 2.24) is 0 Å². The molecule has 0 saturated carbocycles. The van der Waals surface area contributed by atoms with Gasteiger partial charge in [-0.3, -0.25) is 5.32 Å². The molecule has 0 radical (unpaired) electrons. The first-order valence-electron chi connectivity index (χ1n) is 8.41. The minimum atomic E-state index is -0.630. The van der Waals surface area contributed by atoms with Crippen LogP contribution in [-0.2, 0) is 4.74 Å². The van der Waals surface area contributed by atoms with Gasteiger partial charge in [-0.1, -0.05) is 11.6 Å². The van der Waals surface area contributed by atoms with Crippen molar-refractivity contribution in [3.05, 3.63) is 46.0 Å². The molecule has 6 nitrogen and oxygen atoms in total. The Morgan fingerprint density at radius 3 is 2.19 bits per heavy atom. The fraction of sp³-hybridized carbons (Fsp3) is 0.350. The van der Waals surface area contributed by atoms with E-state index in [2.05, 4.69) is 12.2 Å². The summed E-state index contributed by atoms with van der Waals surface area (Å²) in [5, 5.41) is 2.95. The molecule has 0 aromatic heterocycles. The highest BCUT2D eigenvalue weighted by molar-refractivity contribution is 6.32. The highest BCUT2D eigenvalue weighted by Crippen LogP contribution is 2.35. The maximum absolute atomic E-state index is 12.0. The van der Waals surface area contributed by atoms with Gasteiger partial charge in [0.2, 0.25) is 0 Å². The lowest BCUT2D eigenvalue weighted by atomic mass is 10.0. The summed E-state index contributed by atoms with van der Waals surface area (Å²) in [6, 6.07) is 7.05. The Morgan fingerprint density at radius 1 is 0.963 bits per heavy atom. The molecule has 146 valence electrons. The second-order valence-electron chi connectivity index (χ2n) is 5.98. The van der Waals surface area contributed by atoms with E-state index in [1.807, 2.05) is 26.0 Å². The monoisotopic (exact) mass is 393 g/mol. The Balaban J connectivity index is 1.87. The zero-order valence-corrected chi connectivity index (χ0v) is 16.9. The lowest BCUT2D eigenvalue weighted by Crippen LogP contribution is -2.18. The molecule has 7 heteroatoms. The maximum atomic E-state index is 12.0. The Kier molecular flexibility index (Phi) is 7.19. The predicted molar refractivity (Wildman–Crippen MR) is 106 cm³/mol. The fourth-order valence-corrected chi connectivity index (χ4v) is 2.72. The van der Waals surface area contributed by atoms with Gasteiger partial charge < -0.3 is 18.9 Å². The average molecular weight is 394 g/mol. The third kappa shape index (κ3) is 5.44. The van der Waals surface area contributed by atoms with Crippen molar-refractivity contribution in [2.75, 3.05) is 32.8 Å². The van der Waals surface area contributed by atoms with Crippen LogP contribution in [0.2, 0.25) is 5.02 Å². The van der Waals surface area contributed by atoms with E-state index < -0.39 is 6.09 Å². The van der Waals surface area contributed by atoms with Gasteiger partial charge in [-0.2, -0.15) is 0 Å². The number of methoxy groups -OCH3 is 2. The molecule has 0 fully saturated rings. The summed E-state index contributed by atoms with van der Waals surface area (Å²) in [7, 11) is 2.98. The topological polar surface area (TPSA) is 66.0 Å². The highest BCUT2D eigenvalue weighted by Gasteiger charge is 2.13. The number of benzene rings is 2. The van der Waals surface area contributed by atoms with Crippen molar-refractivity contribution in [1.29, 1.82) is 0 Å². The molecular formula is C20H24ClNO5. The van der Waals surface area contributed by atoms with Gasteiger partial charge in [-0.25, -0.2) is 4.79 Å². The summed E-state index contributed by atoms with van der Waals surface area (Å²) < 4.78 is 21.1. The second-order valence-corrected chi connectivity index (χ2v) is 6.39. The Labute approximate surface area is 164 Å². The van der Waals surface area contributed by atoms with Crippen molar-refractivity contribution in [3.8, 4) is 17.2 Å². The van der Waals surface area contributed by atoms with E-state index in [0.717, 1.165) is 16.9 Å². The van der Waals surface area contributed by atoms with Crippen molar-refractivity contribution in [3.63, 3.8) is 0 Å². The smallest absolute Gasteiger partial charge is 0.411 e. The number of nitrogens with one attached hydrogen (secondary N) is 1. The first kappa shape index (κ1) is 20.7. The number of ether oxygens (including phenoxy) is 4. The van der Waals surface area contributed by atoms with Crippen LogP contribution in [0.3, 0.4) is 0 Å². The van der Waals surface area contributed by atoms with Crippen molar-refractivity contribution in [2.45, 2.75) is 20.8 Å². The minimum absolute atomic E-state index is 0.101. The van der Waals surface area contributed by atoms with E-state index in [1.54, 1.807) is 6.07 Å². The van der Waals surface area contributed by atoms with Gasteiger partial charge in [0.05, 0.1) is 24.9 Å². The molecular weight excluding hydrogens is 370 g/mol. The zero-order chi connectivity index (χ0) is 20.0. The van der Waals surface area contributed by atoms with Crippen LogP contribution in [0.15, 0.2) is 24.3 Å². The zero-order valence-electron chi connectivity index (χ0n) is 16.1. The van der Waals surface area contributed by atoms with Crippen molar-refractivity contribution >= 4 is 23.4 Å². The molecule has 2 rings (SSSR count). The van der Waals surface area contributed by atoms with Gasteiger partial charge in [0.25, 0.3) is 0 Å². The molecule has 1 amide bonds. The largest absolute Gasteiger partial charge is 0.495 e. The Bertz CT molecular complexity index is 799. The van der Waals surface area contributed by atoms with E-state index in [-0.39, 0.29) is 13.2 Å². The normalized spacial score (nSPS) is 10.3. The molecule has 0 heterocycles. The van der Waals surface area contributed by atoms with Crippen LogP contribution in [0.4, 0.5) is 10.5 Å². The van der Waals surface area contributed by atoms with Crippen LogP contribution < -0.4 is 19.5 Å². The third-order valence-corrected chi connectivity index (χ3v) is 4.49. The molecule has 2 aromatic rings. The number of hydrogen-bond donors (Lipinski definition) is 1. The summed E-state index contributed by atoms with van der Waals surface area (Å²) in [4.78, 5) is 12.0. The van der Waals surface area contributed by atoms with E-state index in [1.165, 1.54) is 25.8 Å². The fourth-order valence-electron chi connectivity index (χ4n) is 2.48. The molecule has 0 spiro atoms. The summed E-state index contributed by atoms with van der Waals surface area (Å²) in [6.45, 7) is 6.49. The molecule has 0 bridgehead atoms. The molecule has 0 saturated heterocycles. The SMILES string of the molecule is COc1cc(OC)c(NC(=O)OCCOc2cc(C)c(C)c(C)c2)cc1Cl. The lowest BCUT2D eigenvalue weighted by Gasteiger charge is -2.14. The summed E-state index contributed by atoms with van der Waals surface area (Å²) >= 11 is 6.08. The number of carbonyl (C=O) groups is 1. The van der Waals surface area contributed by atoms with Crippen LogP contribution in [0.25, 0.3) is 0 Å². The number of anilines is 1. The number of carbonyl (C=O) groups excluding carboxylic acids is 1. The third-order valence-electron chi connectivity index (χ3n) is 4.20. The highest BCUT2D eigenvalue weighted by atomic mass is 35.5. The molecule has 1 N–H and O–H groups in total. The number of amides is 1. The Hall–Kier alpha value is -2.60. The van der Waals surface area contributed by atoms with Crippen molar-refractivity contribution < 1.29 is 23.7 Å². The average Bonchev–Trinajstić information content (AvgIpc) is 2.63. The molecule has 0 unspecified atom stereocenters. The number of aryl methyl sites for hydroxylation is 2.